The first-order valence-corrected chi connectivity index (χ1v) is 4.83. The summed E-state index contributed by atoms with van der Waals surface area (Å²) in [5.74, 6) is 0.128. The van der Waals surface area contributed by atoms with E-state index in [1.807, 2.05) is 0 Å². The highest BCUT2D eigenvalue weighted by atomic mass is 16.5. The zero-order valence-corrected chi connectivity index (χ0v) is 8.97. The van der Waals surface area contributed by atoms with Crippen LogP contribution < -0.4 is 5.32 Å². The second kappa shape index (κ2) is 6.26. The Morgan fingerprint density at radius 2 is 2.19 bits per heavy atom. The highest BCUT2D eigenvalue weighted by molar-refractivity contribution is 5.86. The van der Waals surface area contributed by atoms with Crippen molar-refractivity contribution in [1.29, 1.82) is 0 Å². The third-order valence-corrected chi connectivity index (χ3v) is 2.05. The molecule has 0 amide bonds. The Labute approximate surface area is 92.8 Å². The van der Waals surface area contributed by atoms with Crippen LogP contribution in [0.4, 0.5) is 0 Å². The fraction of sp³-hybridized carbons (Fsp3) is 0.500. The maximum absolute atomic E-state index is 11.1. The Hall–Kier alpha value is -1.37. The summed E-state index contributed by atoms with van der Waals surface area (Å²) in [4.78, 5) is 11.1. The molecule has 0 fully saturated rings. The molecule has 1 aromatic rings. The number of methoxy groups -OCH3 is 1. The number of rotatable bonds is 6. The summed E-state index contributed by atoms with van der Waals surface area (Å²) in [5.41, 5.74) is 0. The van der Waals surface area contributed by atoms with E-state index in [1.165, 1.54) is 13.2 Å². The van der Waals surface area contributed by atoms with E-state index in [0.717, 1.165) is 0 Å². The van der Waals surface area contributed by atoms with Crippen LogP contribution in [0.5, 0.6) is 0 Å². The average Bonchev–Trinajstić information content (AvgIpc) is 2.78. The maximum Gasteiger partial charge on any atom is 0.373 e. The molecule has 0 spiro atoms. The molecule has 0 radical (unpaired) electrons. The van der Waals surface area contributed by atoms with Crippen molar-refractivity contribution in [3.63, 3.8) is 0 Å². The van der Waals surface area contributed by atoms with E-state index < -0.39 is 12.0 Å². The molecule has 0 aliphatic rings. The molecule has 90 valence electrons. The highest BCUT2D eigenvalue weighted by Crippen LogP contribution is 2.08. The van der Waals surface area contributed by atoms with Gasteiger partial charge in [-0.25, -0.2) is 4.79 Å². The van der Waals surface area contributed by atoms with Crippen molar-refractivity contribution < 1.29 is 24.2 Å². The molecule has 16 heavy (non-hydrogen) atoms. The Bertz CT molecular complexity index is 332. The van der Waals surface area contributed by atoms with Crippen molar-refractivity contribution in [3.05, 3.63) is 23.7 Å². The van der Waals surface area contributed by atoms with E-state index >= 15 is 0 Å². The summed E-state index contributed by atoms with van der Waals surface area (Å²) in [5, 5.41) is 20.5. The van der Waals surface area contributed by atoms with Gasteiger partial charge in [-0.3, -0.25) is 0 Å². The molecule has 1 heterocycles. The molecule has 6 nitrogen and oxygen atoms in total. The van der Waals surface area contributed by atoms with Crippen molar-refractivity contribution in [2.75, 3.05) is 20.3 Å². The van der Waals surface area contributed by atoms with E-state index in [1.54, 1.807) is 6.07 Å². The number of furan rings is 1. The van der Waals surface area contributed by atoms with Gasteiger partial charge in [0, 0.05) is 0 Å². The third kappa shape index (κ3) is 3.34. The second-order valence-electron chi connectivity index (χ2n) is 3.20. The topological polar surface area (TPSA) is 91.9 Å². The fourth-order valence-electron chi connectivity index (χ4n) is 1.11. The predicted molar refractivity (Wildman–Crippen MR) is 54.8 cm³/mol. The van der Waals surface area contributed by atoms with Gasteiger partial charge in [-0.15, -0.1) is 0 Å². The van der Waals surface area contributed by atoms with Gasteiger partial charge >= 0.3 is 5.97 Å². The van der Waals surface area contributed by atoms with Crippen molar-refractivity contribution in [3.8, 4) is 0 Å². The lowest BCUT2D eigenvalue weighted by atomic mass is 10.3. The van der Waals surface area contributed by atoms with Crippen LogP contribution in [0.3, 0.4) is 0 Å². The quantitative estimate of drug-likeness (QED) is 0.570. The highest BCUT2D eigenvalue weighted by Gasteiger charge is 2.12. The molecule has 6 heteroatoms. The van der Waals surface area contributed by atoms with Crippen LogP contribution in [0.15, 0.2) is 16.5 Å². The Balaban J connectivity index is 2.49. The standard InChI is InChI=1S/C10H15NO5/c1-15-10(14)9-3-2-8(16-9)4-11-7(5-12)6-13/h2-3,7,11-13H,4-6H2,1H3. The van der Waals surface area contributed by atoms with Crippen LogP contribution in [-0.2, 0) is 11.3 Å². The van der Waals surface area contributed by atoms with Crippen molar-refractivity contribution in [1.82, 2.24) is 5.32 Å². The van der Waals surface area contributed by atoms with Crippen LogP contribution in [0.2, 0.25) is 0 Å². The smallest absolute Gasteiger partial charge is 0.373 e. The largest absolute Gasteiger partial charge is 0.463 e. The molecular weight excluding hydrogens is 214 g/mol. The van der Waals surface area contributed by atoms with E-state index in [-0.39, 0.29) is 19.0 Å². The molecule has 0 saturated carbocycles. The fourth-order valence-corrected chi connectivity index (χ4v) is 1.11. The van der Waals surface area contributed by atoms with Gasteiger partial charge in [0.15, 0.2) is 0 Å². The summed E-state index contributed by atoms with van der Waals surface area (Å²) in [6, 6.07) is 2.74. The molecule has 0 aliphatic carbocycles. The zero-order chi connectivity index (χ0) is 12.0. The van der Waals surface area contributed by atoms with Gasteiger partial charge in [-0.2, -0.15) is 0 Å². The SMILES string of the molecule is COC(=O)c1ccc(CNC(CO)CO)o1. The molecular formula is C10H15NO5. The minimum atomic E-state index is -0.535. The lowest BCUT2D eigenvalue weighted by molar-refractivity contribution is 0.0562. The van der Waals surface area contributed by atoms with Gasteiger partial charge in [0.05, 0.1) is 32.9 Å². The first-order valence-electron chi connectivity index (χ1n) is 4.83. The monoisotopic (exact) mass is 229 g/mol. The summed E-state index contributed by atoms with van der Waals surface area (Å²) >= 11 is 0. The van der Waals surface area contributed by atoms with Gasteiger partial charge in [-0.1, -0.05) is 0 Å². The minimum absolute atomic E-state index is 0.129. The summed E-state index contributed by atoms with van der Waals surface area (Å²) in [7, 11) is 1.27. The van der Waals surface area contributed by atoms with E-state index in [2.05, 4.69) is 10.1 Å². The van der Waals surface area contributed by atoms with Crippen LogP contribution in [-0.4, -0.2) is 42.5 Å². The van der Waals surface area contributed by atoms with Crippen molar-refractivity contribution in [2.45, 2.75) is 12.6 Å². The van der Waals surface area contributed by atoms with E-state index in [4.69, 9.17) is 14.6 Å². The number of aliphatic hydroxyl groups is 2. The van der Waals surface area contributed by atoms with Crippen molar-refractivity contribution >= 4 is 5.97 Å². The number of carbonyl (C=O) groups is 1. The molecule has 3 N–H and O–H groups in total. The number of hydrogen-bond acceptors (Lipinski definition) is 6. The zero-order valence-electron chi connectivity index (χ0n) is 8.97. The molecule has 0 unspecified atom stereocenters. The lowest BCUT2D eigenvalue weighted by Crippen LogP contribution is -2.35. The maximum atomic E-state index is 11.1. The van der Waals surface area contributed by atoms with Gasteiger partial charge in [0.1, 0.15) is 5.76 Å². The molecule has 0 aromatic carbocycles. The van der Waals surface area contributed by atoms with Crippen LogP contribution in [0.1, 0.15) is 16.3 Å². The number of esters is 1. The first kappa shape index (κ1) is 12.7. The van der Waals surface area contributed by atoms with Gasteiger partial charge < -0.3 is 24.7 Å². The van der Waals surface area contributed by atoms with Gasteiger partial charge in [-0.05, 0) is 12.1 Å². The first-order chi connectivity index (χ1) is 7.71. The Kier molecular flexibility index (Phi) is 4.97. The number of carbonyl (C=O) groups excluding carboxylic acids is 1. The second-order valence-corrected chi connectivity index (χ2v) is 3.20. The lowest BCUT2D eigenvalue weighted by Gasteiger charge is -2.11. The van der Waals surface area contributed by atoms with E-state index in [0.29, 0.717) is 12.3 Å². The molecule has 0 aliphatic heterocycles. The van der Waals surface area contributed by atoms with Crippen LogP contribution in [0.25, 0.3) is 0 Å². The molecule has 1 aromatic heterocycles. The van der Waals surface area contributed by atoms with Crippen molar-refractivity contribution in [2.24, 2.45) is 0 Å². The molecule has 1 rings (SSSR count). The van der Waals surface area contributed by atoms with Gasteiger partial charge in [0.25, 0.3) is 0 Å². The Morgan fingerprint density at radius 3 is 2.75 bits per heavy atom. The van der Waals surface area contributed by atoms with E-state index in [9.17, 15) is 4.79 Å². The number of hydrogen-bond donors (Lipinski definition) is 3. The van der Waals surface area contributed by atoms with Gasteiger partial charge in [0.2, 0.25) is 5.76 Å². The average molecular weight is 229 g/mol. The third-order valence-electron chi connectivity index (χ3n) is 2.05. The Morgan fingerprint density at radius 1 is 1.50 bits per heavy atom. The van der Waals surface area contributed by atoms with Crippen LogP contribution in [0, 0.1) is 0 Å². The predicted octanol–water partition coefficient (Wildman–Crippen LogP) is -0.491. The molecule has 0 atom stereocenters. The molecule has 0 bridgehead atoms. The number of nitrogens with one attached hydrogen (secondary N) is 1. The summed E-state index contributed by atoms with van der Waals surface area (Å²) in [6.07, 6.45) is 0. The molecule has 0 saturated heterocycles. The number of aliphatic hydroxyl groups excluding tert-OH is 2. The minimum Gasteiger partial charge on any atom is -0.463 e. The summed E-state index contributed by atoms with van der Waals surface area (Å²) < 4.78 is 9.66. The van der Waals surface area contributed by atoms with Crippen LogP contribution >= 0.6 is 0 Å². The summed E-state index contributed by atoms with van der Waals surface area (Å²) in [6.45, 7) is -0.00901. The normalized spacial score (nSPS) is 10.8. The number of ether oxygens (including phenoxy) is 1.